The number of guanidine groups is 1. The zero-order valence-corrected chi connectivity index (χ0v) is 13.6. The highest BCUT2D eigenvalue weighted by Crippen LogP contribution is 2.28. The molecule has 2 aliphatic rings. The van der Waals surface area contributed by atoms with Crippen LogP contribution >= 0.6 is 0 Å². The van der Waals surface area contributed by atoms with Gasteiger partial charge in [0.1, 0.15) is 0 Å². The molecule has 2 N–H and O–H groups in total. The first-order chi connectivity index (χ1) is 9.97. The topological polar surface area (TPSA) is 79.8 Å². The molecular weight excluding hydrogens is 290 g/mol. The molecular formula is C14H25N3O3S. The summed E-state index contributed by atoms with van der Waals surface area (Å²) >= 11 is 0. The van der Waals surface area contributed by atoms with Crippen molar-refractivity contribution in [2.45, 2.75) is 36.5 Å². The van der Waals surface area contributed by atoms with Gasteiger partial charge in [-0.1, -0.05) is 12.2 Å². The van der Waals surface area contributed by atoms with Crippen LogP contribution in [0.15, 0.2) is 17.1 Å². The van der Waals surface area contributed by atoms with E-state index in [9.17, 15) is 8.42 Å². The maximum absolute atomic E-state index is 12.2. The van der Waals surface area contributed by atoms with Crippen molar-refractivity contribution in [3.63, 3.8) is 0 Å². The van der Waals surface area contributed by atoms with Gasteiger partial charge in [-0.2, -0.15) is 0 Å². The van der Waals surface area contributed by atoms with Crippen molar-refractivity contribution < 1.29 is 13.2 Å². The molecule has 0 radical (unpaired) electrons. The molecule has 1 aliphatic heterocycles. The highest BCUT2D eigenvalue weighted by molar-refractivity contribution is 7.92. The van der Waals surface area contributed by atoms with Crippen LogP contribution in [0.2, 0.25) is 0 Å². The Bertz CT molecular complexity index is 500. The molecule has 0 amide bonds. The first-order valence-electron chi connectivity index (χ1n) is 7.36. The van der Waals surface area contributed by atoms with Crippen molar-refractivity contribution in [1.29, 1.82) is 0 Å². The Kier molecular flexibility index (Phi) is 5.27. The minimum absolute atomic E-state index is 0.347. The zero-order valence-electron chi connectivity index (χ0n) is 12.8. The molecule has 21 heavy (non-hydrogen) atoms. The second kappa shape index (κ2) is 6.79. The Morgan fingerprint density at radius 2 is 1.95 bits per heavy atom. The van der Waals surface area contributed by atoms with E-state index in [-0.39, 0.29) is 0 Å². The SMILES string of the molecule is CN=C(NCC1(S(C)(=O)=O)CCOCC1)NC1CC=CC1. The summed E-state index contributed by atoms with van der Waals surface area (Å²) in [5.74, 6) is 0.665. The Morgan fingerprint density at radius 3 is 2.48 bits per heavy atom. The average molecular weight is 315 g/mol. The molecule has 2 rings (SSSR count). The van der Waals surface area contributed by atoms with Gasteiger partial charge < -0.3 is 15.4 Å². The summed E-state index contributed by atoms with van der Waals surface area (Å²) in [6.45, 7) is 1.36. The van der Waals surface area contributed by atoms with E-state index < -0.39 is 14.6 Å². The summed E-state index contributed by atoms with van der Waals surface area (Å²) in [5.41, 5.74) is 0. The minimum atomic E-state index is -3.16. The molecule has 0 aromatic carbocycles. The number of hydrogen-bond acceptors (Lipinski definition) is 4. The van der Waals surface area contributed by atoms with Gasteiger partial charge in [0.25, 0.3) is 0 Å². The van der Waals surface area contributed by atoms with Crippen molar-refractivity contribution >= 4 is 15.8 Å². The Morgan fingerprint density at radius 1 is 1.33 bits per heavy atom. The Balaban J connectivity index is 1.97. The van der Waals surface area contributed by atoms with Crippen LogP contribution in [-0.4, -0.2) is 58.2 Å². The molecule has 1 fully saturated rings. The van der Waals surface area contributed by atoms with Crippen LogP contribution in [0.1, 0.15) is 25.7 Å². The van der Waals surface area contributed by atoms with E-state index in [1.54, 1.807) is 7.05 Å². The highest BCUT2D eigenvalue weighted by atomic mass is 32.2. The van der Waals surface area contributed by atoms with E-state index in [4.69, 9.17) is 4.74 Å². The van der Waals surface area contributed by atoms with Crippen LogP contribution in [0, 0.1) is 0 Å². The van der Waals surface area contributed by atoms with Gasteiger partial charge in [0.2, 0.25) is 0 Å². The molecule has 0 aromatic heterocycles. The monoisotopic (exact) mass is 315 g/mol. The first-order valence-corrected chi connectivity index (χ1v) is 9.25. The van der Waals surface area contributed by atoms with E-state index in [2.05, 4.69) is 27.8 Å². The number of nitrogens with one attached hydrogen (secondary N) is 2. The molecule has 1 aliphatic carbocycles. The molecule has 0 unspecified atom stereocenters. The lowest BCUT2D eigenvalue weighted by Gasteiger charge is -2.36. The van der Waals surface area contributed by atoms with Gasteiger partial charge in [-0.15, -0.1) is 0 Å². The van der Waals surface area contributed by atoms with Crippen molar-refractivity contribution in [1.82, 2.24) is 10.6 Å². The first kappa shape index (κ1) is 16.3. The molecule has 6 nitrogen and oxygen atoms in total. The fourth-order valence-corrected chi connectivity index (χ4v) is 4.03. The highest BCUT2D eigenvalue weighted by Gasteiger charge is 2.42. The van der Waals surface area contributed by atoms with Crippen LogP contribution < -0.4 is 10.6 Å². The molecule has 0 saturated carbocycles. The van der Waals surface area contributed by atoms with Crippen molar-refractivity contribution in [2.24, 2.45) is 4.99 Å². The van der Waals surface area contributed by atoms with Crippen LogP contribution in [0.4, 0.5) is 0 Å². The second-order valence-corrected chi connectivity index (χ2v) is 8.19. The number of ether oxygens (including phenoxy) is 1. The van der Waals surface area contributed by atoms with Gasteiger partial charge in [0.15, 0.2) is 15.8 Å². The summed E-state index contributed by atoms with van der Waals surface area (Å²) in [6.07, 6.45) is 8.61. The molecule has 120 valence electrons. The summed E-state index contributed by atoms with van der Waals surface area (Å²) in [7, 11) is -1.45. The van der Waals surface area contributed by atoms with Gasteiger partial charge in [0.05, 0.1) is 4.75 Å². The lowest BCUT2D eigenvalue weighted by molar-refractivity contribution is 0.0756. The van der Waals surface area contributed by atoms with Gasteiger partial charge in [-0.3, -0.25) is 4.99 Å². The van der Waals surface area contributed by atoms with Crippen LogP contribution in [-0.2, 0) is 14.6 Å². The molecule has 1 heterocycles. The smallest absolute Gasteiger partial charge is 0.191 e. The molecule has 0 aromatic rings. The maximum Gasteiger partial charge on any atom is 0.191 e. The van der Waals surface area contributed by atoms with Crippen molar-refractivity contribution in [2.75, 3.05) is 33.1 Å². The van der Waals surface area contributed by atoms with Crippen LogP contribution in [0.5, 0.6) is 0 Å². The van der Waals surface area contributed by atoms with E-state index in [0.717, 1.165) is 12.8 Å². The number of aliphatic imine (C=N–C) groups is 1. The molecule has 1 saturated heterocycles. The van der Waals surface area contributed by atoms with Crippen LogP contribution in [0.3, 0.4) is 0 Å². The summed E-state index contributed by atoms with van der Waals surface area (Å²) < 4.78 is 28.9. The number of rotatable bonds is 4. The third-order valence-electron chi connectivity index (χ3n) is 4.34. The van der Waals surface area contributed by atoms with Gasteiger partial charge >= 0.3 is 0 Å². The summed E-state index contributed by atoms with van der Waals surface area (Å²) in [4.78, 5) is 4.19. The standard InChI is InChI=1S/C14H25N3O3S/c1-15-13(17-12-5-3-4-6-12)16-11-14(21(2,18)19)7-9-20-10-8-14/h3-4,12H,5-11H2,1-2H3,(H2,15,16,17). The second-order valence-electron chi connectivity index (χ2n) is 5.78. The van der Waals surface area contributed by atoms with Gasteiger partial charge in [-0.25, -0.2) is 8.42 Å². The fraction of sp³-hybridized carbons (Fsp3) is 0.786. The number of sulfone groups is 1. The molecule has 0 atom stereocenters. The van der Waals surface area contributed by atoms with E-state index in [1.807, 2.05) is 0 Å². The van der Waals surface area contributed by atoms with Crippen molar-refractivity contribution in [3.8, 4) is 0 Å². The normalized spacial score (nSPS) is 23.2. The Labute approximate surface area is 127 Å². The zero-order chi connectivity index (χ0) is 15.3. The Hall–Kier alpha value is -1.08. The minimum Gasteiger partial charge on any atom is -0.381 e. The lowest BCUT2D eigenvalue weighted by Crippen LogP contribution is -2.54. The van der Waals surface area contributed by atoms with Crippen molar-refractivity contribution in [3.05, 3.63) is 12.2 Å². The fourth-order valence-electron chi connectivity index (χ4n) is 2.79. The number of hydrogen-bond donors (Lipinski definition) is 2. The summed E-state index contributed by atoms with van der Waals surface area (Å²) in [6, 6.07) is 0.347. The maximum atomic E-state index is 12.2. The number of nitrogens with zero attached hydrogens (tertiary/aromatic N) is 1. The van der Waals surface area contributed by atoms with Gasteiger partial charge in [0, 0.05) is 39.1 Å². The average Bonchev–Trinajstić information content (AvgIpc) is 2.96. The van der Waals surface area contributed by atoms with E-state index in [0.29, 0.717) is 44.6 Å². The third kappa shape index (κ3) is 3.97. The lowest BCUT2D eigenvalue weighted by atomic mass is 9.99. The van der Waals surface area contributed by atoms with Gasteiger partial charge in [-0.05, 0) is 25.7 Å². The quantitative estimate of drug-likeness (QED) is 0.448. The largest absolute Gasteiger partial charge is 0.381 e. The third-order valence-corrected chi connectivity index (χ3v) is 6.47. The predicted molar refractivity (Wildman–Crippen MR) is 84.3 cm³/mol. The molecule has 0 spiro atoms. The summed E-state index contributed by atoms with van der Waals surface area (Å²) in [5, 5.41) is 6.51. The predicted octanol–water partition coefficient (Wildman–Crippen LogP) is 0.464. The molecule has 0 bridgehead atoms. The van der Waals surface area contributed by atoms with Crippen LogP contribution in [0.25, 0.3) is 0 Å². The van der Waals surface area contributed by atoms with E-state index >= 15 is 0 Å². The molecule has 7 heteroatoms. The van der Waals surface area contributed by atoms with E-state index in [1.165, 1.54) is 6.26 Å².